The lowest BCUT2D eigenvalue weighted by atomic mass is 10.1. The maximum absolute atomic E-state index is 13.7. The molecule has 0 spiro atoms. The minimum absolute atomic E-state index is 0.0445. The first-order valence-corrected chi connectivity index (χ1v) is 7.32. The molecule has 0 atom stereocenters. The van der Waals surface area contributed by atoms with Crippen LogP contribution in [-0.2, 0) is 6.54 Å². The molecule has 1 N–H and O–H groups in total. The van der Waals surface area contributed by atoms with Crippen LogP contribution in [0.1, 0.15) is 22.8 Å². The number of ketones is 1. The first kappa shape index (κ1) is 17.0. The van der Waals surface area contributed by atoms with Gasteiger partial charge in [0.1, 0.15) is 5.82 Å². The maximum Gasteiger partial charge on any atom is 0.321 e. The molecule has 120 valence electrons. The van der Waals surface area contributed by atoms with Crippen LogP contribution in [0.3, 0.4) is 0 Å². The fourth-order valence-corrected chi connectivity index (χ4v) is 2.22. The van der Waals surface area contributed by atoms with E-state index in [-0.39, 0.29) is 22.9 Å². The van der Waals surface area contributed by atoms with Gasteiger partial charge in [0.2, 0.25) is 0 Å². The Morgan fingerprint density at radius 2 is 1.83 bits per heavy atom. The molecule has 0 aromatic heterocycles. The van der Waals surface area contributed by atoms with Gasteiger partial charge in [-0.25, -0.2) is 9.18 Å². The Morgan fingerprint density at radius 3 is 2.39 bits per heavy atom. The van der Waals surface area contributed by atoms with Gasteiger partial charge in [0, 0.05) is 28.9 Å². The van der Waals surface area contributed by atoms with Gasteiger partial charge in [-0.05, 0) is 43.3 Å². The first-order chi connectivity index (χ1) is 10.9. The van der Waals surface area contributed by atoms with E-state index in [9.17, 15) is 14.0 Å². The molecule has 0 heterocycles. The smallest absolute Gasteiger partial charge is 0.321 e. The van der Waals surface area contributed by atoms with Gasteiger partial charge in [-0.2, -0.15) is 0 Å². The average Bonchev–Trinajstić information content (AvgIpc) is 2.51. The highest BCUT2D eigenvalue weighted by Crippen LogP contribution is 2.20. The fourth-order valence-electron chi connectivity index (χ4n) is 2.00. The number of anilines is 1. The zero-order valence-corrected chi connectivity index (χ0v) is 13.5. The Morgan fingerprint density at radius 1 is 1.17 bits per heavy atom. The summed E-state index contributed by atoms with van der Waals surface area (Å²) in [7, 11) is 1.54. The van der Waals surface area contributed by atoms with Gasteiger partial charge in [-0.3, -0.25) is 4.79 Å². The molecule has 6 heteroatoms. The number of urea groups is 1. The monoisotopic (exact) mass is 334 g/mol. The highest BCUT2D eigenvalue weighted by Gasteiger charge is 2.14. The van der Waals surface area contributed by atoms with Crippen LogP contribution in [0.25, 0.3) is 0 Å². The van der Waals surface area contributed by atoms with Gasteiger partial charge < -0.3 is 10.2 Å². The molecule has 4 nitrogen and oxygen atoms in total. The Bertz CT molecular complexity index is 712. The summed E-state index contributed by atoms with van der Waals surface area (Å²) in [4.78, 5) is 24.7. The molecule has 23 heavy (non-hydrogen) atoms. The first-order valence-electron chi connectivity index (χ1n) is 6.94. The quantitative estimate of drug-likeness (QED) is 0.845. The lowest BCUT2D eigenvalue weighted by Crippen LogP contribution is -2.31. The molecule has 0 radical (unpaired) electrons. The van der Waals surface area contributed by atoms with Gasteiger partial charge in [-0.15, -0.1) is 0 Å². The third-order valence-corrected chi connectivity index (χ3v) is 3.70. The molecule has 0 aliphatic rings. The minimum atomic E-state index is -0.456. The lowest BCUT2D eigenvalue weighted by Gasteiger charge is -2.19. The van der Waals surface area contributed by atoms with E-state index < -0.39 is 11.8 Å². The number of rotatable bonds is 4. The minimum Gasteiger partial charge on any atom is -0.323 e. The normalized spacial score (nSPS) is 10.3. The number of hydrogen-bond acceptors (Lipinski definition) is 2. The van der Waals surface area contributed by atoms with Crippen LogP contribution in [0.5, 0.6) is 0 Å². The lowest BCUT2D eigenvalue weighted by molar-refractivity contribution is 0.101. The van der Waals surface area contributed by atoms with E-state index in [1.54, 1.807) is 37.4 Å². The number of carbonyl (C=O) groups is 2. The van der Waals surface area contributed by atoms with Gasteiger partial charge in [-0.1, -0.05) is 17.7 Å². The molecule has 2 amide bonds. The largest absolute Gasteiger partial charge is 0.323 e. The number of nitrogens with one attached hydrogen (secondary N) is 1. The van der Waals surface area contributed by atoms with E-state index in [0.29, 0.717) is 11.3 Å². The Hall–Kier alpha value is -2.40. The van der Waals surface area contributed by atoms with Crippen molar-refractivity contribution in [1.29, 1.82) is 0 Å². The number of Topliss-reactive ketones (excluding diaryl/α,β-unsaturated/α-hetero) is 1. The molecule has 0 fully saturated rings. The molecule has 0 aliphatic heterocycles. The van der Waals surface area contributed by atoms with Crippen molar-refractivity contribution >= 4 is 29.1 Å². The summed E-state index contributed by atoms with van der Waals surface area (Å²) in [5.41, 5.74) is 1.37. The van der Waals surface area contributed by atoms with E-state index in [2.05, 4.69) is 5.32 Å². The van der Waals surface area contributed by atoms with E-state index in [1.807, 2.05) is 0 Å². The summed E-state index contributed by atoms with van der Waals surface area (Å²) in [6, 6.07) is 10.5. The Labute approximate surface area is 138 Å². The van der Waals surface area contributed by atoms with Crippen molar-refractivity contribution in [1.82, 2.24) is 4.90 Å². The molecule has 2 aromatic carbocycles. The average molecular weight is 335 g/mol. The van der Waals surface area contributed by atoms with E-state index in [4.69, 9.17) is 11.6 Å². The number of benzene rings is 2. The second-order valence-corrected chi connectivity index (χ2v) is 5.53. The van der Waals surface area contributed by atoms with Crippen molar-refractivity contribution in [3.05, 3.63) is 64.4 Å². The van der Waals surface area contributed by atoms with Crippen LogP contribution in [0.15, 0.2) is 42.5 Å². The zero-order valence-electron chi connectivity index (χ0n) is 12.8. The fraction of sp³-hybridized carbons (Fsp3) is 0.176. The van der Waals surface area contributed by atoms with E-state index in [1.165, 1.54) is 24.0 Å². The van der Waals surface area contributed by atoms with Crippen molar-refractivity contribution in [3.63, 3.8) is 0 Å². The van der Waals surface area contributed by atoms with Crippen molar-refractivity contribution in [3.8, 4) is 0 Å². The highest BCUT2D eigenvalue weighted by atomic mass is 35.5. The molecule has 2 rings (SSSR count). The highest BCUT2D eigenvalue weighted by molar-refractivity contribution is 6.31. The molecule has 0 aliphatic carbocycles. The number of hydrogen-bond donors (Lipinski definition) is 1. The van der Waals surface area contributed by atoms with Crippen molar-refractivity contribution in [2.45, 2.75) is 13.5 Å². The van der Waals surface area contributed by atoms with Crippen LogP contribution in [-0.4, -0.2) is 23.8 Å². The third kappa shape index (κ3) is 4.29. The van der Waals surface area contributed by atoms with Gasteiger partial charge in [0.15, 0.2) is 5.78 Å². The molecule has 0 saturated carbocycles. The molecular weight excluding hydrogens is 319 g/mol. The SMILES string of the molecule is CC(=O)c1ccc(NC(=O)N(C)Cc2c(F)cccc2Cl)cc1. The molecular formula is C17H16ClFN2O2. The third-order valence-electron chi connectivity index (χ3n) is 3.35. The summed E-state index contributed by atoms with van der Waals surface area (Å²) in [6.07, 6.45) is 0. The summed E-state index contributed by atoms with van der Waals surface area (Å²) in [5.74, 6) is -0.503. The summed E-state index contributed by atoms with van der Waals surface area (Å²) in [6.45, 7) is 1.52. The van der Waals surface area contributed by atoms with E-state index >= 15 is 0 Å². The number of halogens is 2. The second kappa shape index (κ2) is 7.24. The predicted molar refractivity (Wildman–Crippen MR) is 88.3 cm³/mol. The number of amides is 2. The Kier molecular flexibility index (Phi) is 5.34. The van der Waals surface area contributed by atoms with Crippen LogP contribution in [0.2, 0.25) is 5.02 Å². The number of carbonyl (C=O) groups excluding carboxylic acids is 2. The Balaban J connectivity index is 2.04. The second-order valence-electron chi connectivity index (χ2n) is 5.12. The van der Waals surface area contributed by atoms with Gasteiger partial charge in [0.05, 0.1) is 6.54 Å². The summed E-state index contributed by atoms with van der Waals surface area (Å²) >= 11 is 5.96. The topological polar surface area (TPSA) is 49.4 Å². The zero-order chi connectivity index (χ0) is 17.0. The van der Waals surface area contributed by atoms with Crippen molar-refractivity contribution in [2.75, 3.05) is 12.4 Å². The van der Waals surface area contributed by atoms with Gasteiger partial charge in [0.25, 0.3) is 0 Å². The number of nitrogens with zero attached hydrogens (tertiary/aromatic N) is 1. The molecule has 0 saturated heterocycles. The van der Waals surface area contributed by atoms with Gasteiger partial charge >= 0.3 is 6.03 Å². The van der Waals surface area contributed by atoms with Crippen LogP contribution in [0, 0.1) is 5.82 Å². The molecule has 0 bridgehead atoms. The van der Waals surface area contributed by atoms with Crippen LogP contribution < -0.4 is 5.32 Å². The van der Waals surface area contributed by atoms with Crippen molar-refractivity contribution < 1.29 is 14.0 Å². The summed E-state index contributed by atoms with van der Waals surface area (Å²) < 4.78 is 13.7. The van der Waals surface area contributed by atoms with Crippen LogP contribution >= 0.6 is 11.6 Å². The van der Waals surface area contributed by atoms with Crippen molar-refractivity contribution in [2.24, 2.45) is 0 Å². The van der Waals surface area contributed by atoms with E-state index in [0.717, 1.165) is 0 Å². The standard InChI is InChI=1S/C17H16ClFN2O2/c1-11(22)12-6-8-13(9-7-12)20-17(23)21(2)10-14-15(18)4-3-5-16(14)19/h3-9H,10H2,1-2H3,(H,20,23). The molecule has 0 unspecified atom stereocenters. The predicted octanol–water partition coefficient (Wildman–Crippen LogP) is 4.35. The molecule has 2 aromatic rings. The summed E-state index contributed by atoms with van der Waals surface area (Å²) in [5, 5.41) is 2.95. The maximum atomic E-state index is 13.7. The van der Waals surface area contributed by atoms with Crippen LogP contribution in [0.4, 0.5) is 14.9 Å².